The first-order valence-corrected chi connectivity index (χ1v) is 7.65. The van der Waals surface area contributed by atoms with Crippen molar-refractivity contribution in [3.05, 3.63) is 50.3 Å². The third kappa shape index (κ3) is 2.93. The molecule has 2 rings (SSSR count). The minimum Gasteiger partial charge on any atom is -0.315 e. The maximum absolute atomic E-state index is 13.4. The number of hydrogen-bond donors (Lipinski definition) is 2. The van der Waals surface area contributed by atoms with Crippen LogP contribution in [0.5, 0.6) is 0 Å². The van der Waals surface area contributed by atoms with Crippen LogP contribution in [0.1, 0.15) is 11.3 Å². The molecular weight excluding hydrogens is 305 g/mol. The van der Waals surface area contributed by atoms with Gasteiger partial charge in [0, 0.05) is 11.1 Å². The van der Waals surface area contributed by atoms with E-state index in [0.29, 0.717) is 5.69 Å². The Hall–Kier alpha value is -2.02. The number of aromatic nitrogens is 1. The third-order valence-corrected chi connectivity index (χ3v) is 4.56. The Morgan fingerprint density at radius 2 is 2.20 bits per heavy atom. The van der Waals surface area contributed by atoms with Crippen molar-refractivity contribution in [3.8, 4) is 6.07 Å². The Morgan fingerprint density at radius 1 is 1.45 bits per heavy atom. The zero-order valence-corrected chi connectivity index (χ0v) is 11.5. The Bertz CT molecular complexity index is 833. The molecule has 0 radical (unpaired) electrons. The zero-order chi connectivity index (χ0) is 14.8. The monoisotopic (exact) mass is 313 g/mol. The summed E-state index contributed by atoms with van der Waals surface area (Å²) < 4.78 is 39.6. The minimum atomic E-state index is -4.04. The average Bonchev–Trinajstić information content (AvgIpc) is 2.82. The smallest absolute Gasteiger partial charge is 0.304 e. The highest BCUT2D eigenvalue weighted by Crippen LogP contribution is 2.18. The van der Waals surface area contributed by atoms with Crippen LogP contribution < -0.4 is 9.60 Å². The van der Waals surface area contributed by atoms with Crippen molar-refractivity contribution < 1.29 is 12.8 Å². The van der Waals surface area contributed by atoms with E-state index in [4.69, 9.17) is 5.26 Å². The molecule has 0 fully saturated rings. The van der Waals surface area contributed by atoms with Crippen molar-refractivity contribution in [2.24, 2.45) is 0 Å². The number of H-pyrrole nitrogens is 1. The van der Waals surface area contributed by atoms with Crippen LogP contribution in [0.2, 0.25) is 0 Å². The van der Waals surface area contributed by atoms with Crippen molar-refractivity contribution in [1.29, 1.82) is 5.26 Å². The Balaban J connectivity index is 2.30. The summed E-state index contributed by atoms with van der Waals surface area (Å²) in [6.45, 7) is -0.150. The minimum absolute atomic E-state index is 0.150. The molecule has 104 valence electrons. The van der Waals surface area contributed by atoms with Crippen LogP contribution in [-0.2, 0) is 16.6 Å². The molecule has 1 aromatic carbocycles. The van der Waals surface area contributed by atoms with E-state index in [2.05, 4.69) is 9.71 Å². The summed E-state index contributed by atoms with van der Waals surface area (Å²) in [4.78, 5) is 12.6. The van der Waals surface area contributed by atoms with Crippen molar-refractivity contribution in [2.45, 2.75) is 11.4 Å². The molecule has 0 saturated heterocycles. The van der Waals surface area contributed by atoms with Gasteiger partial charge in [0.25, 0.3) is 0 Å². The molecule has 1 aromatic heterocycles. The lowest BCUT2D eigenvalue weighted by Crippen LogP contribution is -2.24. The number of hydrogen-bond acceptors (Lipinski definition) is 5. The van der Waals surface area contributed by atoms with E-state index in [1.165, 1.54) is 17.5 Å². The van der Waals surface area contributed by atoms with Gasteiger partial charge in [-0.15, -0.1) is 0 Å². The first-order chi connectivity index (χ1) is 9.44. The third-order valence-electron chi connectivity index (χ3n) is 2.40. The van der Waals surface area contributed by atoms with Crippen LogP contribution in [0.25, 0.3) is 0 Å². The SMILES string of the molecule is N#Cc1c(F)cccc1S(=O)(=O)NCc1csc(=O)[nH]1. The number of thiazole rings is 1. The van der Waals surface area contributed by atoms with E-state index in [9.17, 15) is 17.6 Å². The van der Waals surface area contributed by atoms with Crippen LogP contribution >= 0.6 is 11.3 Å². The van der Waals surface area contributed by atoms with Gasteiger partial charge >= 0.3 is 4.87 Å². The van der Waals surface area contributed by atoms with E-state index in [1.807, 2.05) is 0 Å². The van der Waals surface area contributed by atoms with Crippen molar-refractivity contribution in [3.63, 3.8) is 0 Å². The normalized spacial score (nSPS) is 11.2. The fourth-order valence-corrected chi connectivity index (χ4v) is 3.24. The van der Waals surface area contributed by atoms with Crippen LogP contribution in [0.3, 0.4) is 0 Å². The molecule has 0 aliphatic carbocycles. The zero-order valence-electron chi connectivity index (χ0n) is 9.88. The first kappa shape index (κ1) is 14.4. The fraction of sp³-hybridized carbons (Fsp3) is 0.0909. The lowest BCUT2D eigenvalue weighted by molar-refractivity contribution is 0.575. The number of sulfonamides is 1. The van der Waals surface area contributed by atoms with Crippen molar-refractivity contribution >= 4 is 21.4 Å². The molecule has 0 saturated carbocycles. The van der Waals surface area contributed by atoms with E-state index in [-0.39, 0.29) is 11.4 Å². The standard InChI is InChI=1S/C11H8FN3O3S2/c12-9-2-1-3-10(8(9)4-13)20(17,18)14-5-7-6-19-11(16)15-7/h1-3,6,14H,5H2,(H,15,16). The van der Waals surface area contributed by atoms with Crippen LogP contribution in [0.4, 0.5) is 4.39 Å². The second kappa shape index (κ2) is 5.54. The van der Waals surface area contributed by atoms with Crippen LogP contribution in [0, 0.1) is 17.1 Å². The molecule has 9 heteroatoms. The number of halogens is 1. The lowest BCUT2D eigenvalue weighted by atomic mass is 10.2. The molecule has 20 heavy (non-hydrogen) atoms. The molecule has 0 atom stereocenters. The van der Waals surface area contributed by atoms with Gasteiger partial charge in [0.15, 0.2) is 0 Å². The first-order valence-electron chi connectivity index (χ1n) is 5.29. The van der Waals surface area contributed by atoms with E-state index >= 15 is 0 Å². The van der Waals surface area contributed by atoms with Gasteiger partial charge in [0.1, 0.15) is 22.3 Å². The molecule has 0 bridgehead atoms. The molecule has 2 N–H and O–H groups in total. The predicted octanol–water partition coefficient (Wildman–Crippen LogP) is 0.926. The summed E-state index contributed by atoms with van der Waals surface area (Å²) in [7, 11) is -4.04. The summed E-state index contributed by atoms with van der Waals surface area (Å²) in [6.07, 6.45) is 0. The molecular formula is C11H8FN3O3S2. The van der Waals surface area contributed by atoms with Gasteiger partial charge in [-0.05, 0) is 12.1 Å². The van der Waals surface area contributed by atoms with E-state index < -0.39 is 26.3 Å². The molecule has 1 heterocycles. The average molecular weight is 313 g/mol. The molecule has 0 aliphatic rings. The second-order valence-corrected chi connectivity index (χ2v) is 6.30. The Morgan fingerprint density at radius 3 is 2.80 bits per heavy atom. The summed E-state index contributed by atoms with van der Waals surface area (Å²) in [5.74, 6) is -0.903. The number of nitrogens with zero attached hydrogens (tertiary/aromatic N) is 1. The fourth-order valence-electron chi connectivity index (χ4n) is 1.49. The molecule has 0 amide bonds. The summed E-state index contributed by atoms with van der Waals surface area (Å²) in [5.41, 5.74) is -0.155. The van der Waals surface area contributed by atoms with Gasteiger partial charge in [0.2, 0.25) is 10.0 Å². The number of nitrogens with one attached hydrogen (secondary N) is 2. The van der Waals surface area contributed by atoms with Gasteiger partial charge in [-0.1, -0.05) is 17.4 Å². The largest absolute Gasteiger partial charge is 0.315 e. The lowest BCUT2D eigenvalue weighted by Gasteiger charge is -2.07. The van der Waals surface area contributed by atoms with Crippen molar-refractivity contribution in [1.82, 2.24) is 9.71 Å². The predicted molar refractivity (Wildman–Crippen MR) is 70.1 cm³/mol. The highest BCUT2D eigenvalue weighted by atomic mass is 32.2. The molecule has 0 spiro atoms. The van der Waals surface area contributed by atoms with E-state index in [1.54, 1.807) is 0 Å². The highest BCUT2D eigenvalue weighted by Gasteiger charge is 2.21. The maximum atomic E-state index is 13.4. The molecule has 0 aliphatic heterocycles. The highest BCUT2D eigenvalue weighted by molar-refractivity contribution is 7.89. The van der Waals surface area contributed by atoms with Gasteiger partial charge < -0.3 is 4.98 Å². The van der Waals surface area contributed by atoms with Crippen molar-refractivity contribution in [2.75, 3.05) is 0 Å². The topological polar surface area (TPSA) is 103 Å². The van der Waals surface area contributed by atoms with Gasteiger partial charge in [-0.3, -0.25) is 4.79 Å². The number of aromatic amines is 1. The Labute approximate surface area is 117 Å². The maximum Gasteiger partial charge on any atom is 0.304 e. The Kier molecular flexibility index (Phi) is 3.99. The van der Waals surface area contributed by atoms with E-state index in [0.717, 1.165) is 23.5 Å². The quantitative estimate of drug-likeness (QED) is 0.876. The summed E-state index contributed by atoms with van der Waals surface area (Å²) in [6, 6.07) is 4.87. The summed E-state index contributed by atoms with van der Waals surface area (Å²) in [5, 5.41) is 10.3. The van der Waals surface area contributed by atoms with Gasteiger partial charge in [-0.25, -0.2) is 17.5 Å². The van der Waals surface area contributed by atoms with Gasteiger partial charge in [-0.2, -0.15) is 5.26 Å². The number of rotatable bonds is 4. The molecule has 0 unspecified atom stereocenters. The van der Waals surface area contributed by atoms with Crippen LogP contribution in [-0.4, -0.2) is 13.4 Å². The van der Waals surface area contributed by atoms with Crippen LogP contribution in [0.15, 0.2) is 33.3 Å². The summed E-state index contributed by atoms with van der Waals surface area (Å²) >= 11 is 0.903. The molecule has 2 aromatic rings. The number of nitriles is 1. The van der Waals surface area contributed by atoms with Gasteiger partial charge in [0.05, 0.1) is 6.54 Å². The second-order valence-electron chi connectivity index (χ2n) is 3.72. The molecule has 6 nitrogen and oxygen atoms in total. The number of benzene rings is 1.